The highest BCUT2D eigenvalue weighted by Gasteiger charge is 2.54. The van der Waals surface area contributed by atoms with E-state index in [1.807, 2.05) is 31.4 Å². The first-order chi connectivity index (χ1) is 23.2. The van der Waals surface area contributed by atoms with Crippen LogP contribution in [0.5, 0.6) is 0 Å². The van der Waals surface area contributed by atoms with Crippen LogP contribution in [-0.2, 0) is 26.1 Å². The van der Waals surface area contributed by atoms with Gasteiger partial charge in [0.2, 0.25) is 5.91 Å². The van der Waals surface area contributed by atoms with E-state index >= 15 is 0 Å². The highest BCUT2D eigenvalue weighted by molar-refractivity contribution is 6.13. The van der Waals surface area contributed by atoms with Gasteiger partial charge in [-0.25, -0.2) is 9.59 Å². The van der Waals surface area contributed by atoms with Gasteiger partial charge in [0.15, 0.2) is 0 Å². The van der Waals surface area contributed by atoms with Gasteiger partial charge in [-0.1, -0.05) is 18.9 Å². The number of nitrogens with zero attached hydrogens (tertiary/aromatic N) is 5. The molecule has 3 aromatic rings. The Bertz CT molecular complexity index is 1720. The molecule has 1 aromatic carbocycles. The van der Waals surface area contributed by atoms with Gasteiger partial charge in [-0.2, -0.15) is 4.90 Å². The number of rotatable bonds is 7. The number of piperidine rings is 1. The third-order valence-electron chi connectivity index (χ3n) is 9.87. The number of amides is 3. The van der Waals surface area contributed by atoms with Crippen LogP contribution in [-0.4, -0.2) is 70.8 Å². The zero-order valence-electron chi connectivity index (χ0n) is 30.2. The number of imide groups is 1. The van der Waals surface area contributed by atoms with Crippen LogP contribution in [0.2, 0.25) is 0 Å². The predicted molar refractivity (Wildman–Crippen MR) is 192 cm³/mol. The third kappa shape index (κ3) is 7.16. The fourth-order valence-electron chi connectivity index (χ4n) is 7.37. The number of aryl methyl sites for hydroxylation is 1. The van der Waals surface area contributed by atoms with E-state index in [0.717, 1.165) is 89.9 Å². The summed E-state index contributed by atoms with van der Waals surface area (Å²) in [5.41, 5.74) is 3.07. The molecule has 2 aromatic heterocycles. The average Bonchev–Trinajstić information content (AvgIpc) is 3.25. The Labute approximate surface area is 290 Å². The quantitative estimate of drug-likeness (QED) is 0.232. The van der Waals surface area contributed by atoms with Crippen LogP contribution < -0.4 is 9.80 Å². The standard InChI is InChI=1S/C39H51N5O5/c1-37(2,3)48-35(46)44(36(47)49-38(4,5)6)31-23-27(24-40-30(31)14-9-12-21-43-19-10-8-11-20-43)26-15-16-29-28(22-26)33-32(25-41-29)42(7)34(45)39(33)17-13-18-39/h15-16,22-25H,8-14,17-21H2,1-7H3. The molecule has 1 saturated carbocycles. The first-order valence-corrected chi connectivity index (χ1v) is 17.9. The Morgan fingerprint density at radius 1 is 0.857 bits per heavy atom. The van der Waals surface area contributed by atoms with Crippen molar-refractivity contribution < 1.29 is 23.9 Å². The van der Waals surface area contributed by atoms with Crippen molar-refractivity contribution in [3.63, 3.8) is 0 Å². The number of likely N-dealkylation sites (tertiary alicyclic amines) is 1. The van der Waals surface area contributed by atoms with Crippen LogP contribution in [0.3, 0.4) is 0 Å². The molecule has 6 rings (SSSR count). The SMILES string of the molecule is CN1C(=O)C2(CCC2)c2c1cnc1ccc(-c3cnc(CCCCN4CCCCC4)c(N(C(=O)OC(C)(C)C)C(=O)OC(C)(C)C)c3)cc21. The lowest BCUT2D eigenvalue weighted by Gasteiger charge is -2.37. The van der Waals surface area contributed by atoms with Crippen molar-refractivity contribution in [3.05, 3.63) is 47.9 Å². The summed E-state index contributed by atoms with van der Waals surface area (Å²) < 4.78 is 11.5. The van der Waals surface area contributed by atoms with E-state index in [0.29, 0.717) is 17.8 Å². The maximum Gasteiger partial charge on any atom is 0.424 e. The summed E-state index contributed by atoms with van der Waals surface area (Å²) in [7, 11) is 1.83. The summed E-state index contributed by atoms with van der Waals surface area (Å²) in [6.07, 6.45) is 10.9. The fourth-order valence-corrected chi connectivity index (χ4v) is 7.37. The number of carbonyl (C=O) groups excluding carboxylic acids is 3. The molecule has 0 atom stereocenters. The van der Waals surface area contributed by atoms with E-state index in [1.165, 1.54) is 19.3 Å². The minimum Gasteiger partial charge on any atom is -0.443 e. The van der Waals surface area contributed by atoms with Crippen LogP contribution in [0.25, 0.3) is 22.0 Å². The van der Waals surface area contributed by atoms with Gasteiger partial charge in [-0.05, 0) is 130 Å². The number of benzene rings is 1. The molecule has 0 unspecified atom stereocenters. The summed E-state index contributed by atoms with van der Waals surface area (Å²) in [4.78, 5) is 55.9. The third-order valence-corrected chi connectivity index (χ3v) is 9.87. The largest absolute Gasteiger partial charge is 0.443 e. The van der Waals surface area contributed by atoms with Crippen molar-refractivity contribution in [3.8, 4) is 11.1 Å². The molecule has 49 heavy (non-hydrogen) atoms. The molecule has 3 aliphatic rings. The zero-order chi connectivity index (χ0) is 35.1. The molecule has 3 amide bonds. The van der Waals surface area contributed by atoms with E-state index in [1.54, 1.807) is 52.6 Å². The number of aromatic nitrogens is 2. The molecule has 2 fully saturated rings. The second kappa shape index (κ2) is 13.3. The molecule has 262 valence electrons. The minimum absolute atomic E-state index is 0.132. The Kier molecular flexibility index (Phi) is 9.48. The van der Waals surface area contributed by atoms with Crippen LogP contribution in [0.15, 0.2) is 36.7 Å². The molecule has 2 aliphatic heterocycles. The smallest absolute Gasteiger partial charge is 0.424 e. The number of carbonyl (C=O) groups is 3. The second-order valence-corrected chi connectivity index (χ2v) is 15.9. The number of likely N-dealkylation sites (N-methyl/N-ethyl adjacent to an activating group) is 1. The molecule has 1 aliphatic carbocycles. The molecule has 1 saturated heterocycles. The van der Waals surface area contributed by atoms with Gasteiger partial charge in [0, 0.05) is 29.8 Å². The first kappa shape index (κ1) is 34.8. The predicted octanol–water partition coefficient (Wildman–Crippen LogP) is 8.18. The Morgan fingerprint density at radius 3 is 2.14 bits per heavy atom. The molecule has 4 heterocycles. The van der Waals surface area contributed by atoms with E-state index in [9.17, 15) is 14.4 Å². The van der Waals surface area contributed by atoms with Gasteiger partial charge in [0.05, 0.1) is 34.2 Å². The maximum atomic E-state index is 13.8. The van der Waals surface area contributed by atoms with Crippen molar-refractivity contribution in [2.75, 3.05) is 36.5 Å². The molecule has 0 radical (unpaired) electrons. The van der Waals surface area contributed by atoms with Gasteiger partial charge in [0.25, 0.3) is 0 Å². The summed E-state index contributed by atoms with van der Waals surface area (Å²) in [5.74, 6) is 0.132. The number of pyridine rings is 2. The Hall–Kier alpha value is -4.05. The van der Waals surface area contributed by atoms with Crippen molar-refractivity contribution in [1.82, 2.24) is 14.9 Å². The Balaban J connectivity index is 1.41. The Morgan fingerprint density at radius 2 is 1.53 bits per heavy atom. The van der Waals surface area contributed by atoms with Crippen LogP contribution in [0, 0.1) is 0 Å². The van der Waals surface area contributed by atoms with E-state index in [2.05, 4.69) is 11.0 Å². The number of hydrogen-bond donors (Lipinski definition) is 0. The molecule has 10 nitrogen and oxygen atoms in total. The highest BCUT2D eigenvalue weighted by Crippen LogP contribution is 2.55. The van der Waals surface area contributed by atoms with Crippen LogP contribution in [0.4, 0.5) is 21.0 Å². The van der Waals surface area contributed by atoms with Gasteiger partial charge < -0.3 is 19.3 Å². The highest BCUT2D eigenvalue weighted by atomic mass is 16.6. The fraction of sp³-hybridized carbons (Fsp3) is 0.564. The lowest BCUT2D eigenvalue weighted by atomic mass is 9.64. The molecule has 0 N–H and O–H groups in total. The first-order valence-electron chi connectivity index (χ1n) is 17.9. The summed E-state index contributed by atoms with van der Waals surface area (Å²) in [6.45, 7) is 13.9. The molecule has 0 bridgehead atoms. The van der Waals surface area contributed by atoms with Crippen molar-refractivity contribution in [2.45, 2.75) is 116 Å². The van der Waals surface area contributed by atoms with E-state index in [4.69, 9.17) is 19.4 Å². The molecular weight excluding hydrogens is 618 g/mol. The number of ether oxygens (including phenoxy) is 2. The summed E-state index contributed by atoms with van der Waals surface area (Å²) in [6, 6.07) is 7.85. The second-order valence-electron chi connectivity index (χ2n) is 15.9. The van der Waals surface area contributed by atoms with Gasteiger partial charge >= 0.3 is 12.2 Å². The van der Waals surface area contributed by atoms with Gasteiger partial charge in [0.1, 0.15) is 11.2 Å². The van der Waals surface area contributed by atoms with Crippen molar-refractivity contribution in [2.24, 2.45) is 0 Å². The van der Waals surface area contributed by atoms with Crippen LogP contribution >= 0.6 is 0 Å². The number of anilines is 2. The molecule has 10 heteroatoms. The topological polar surface area (TPSA) is 105 Å². The van der Waals surface area contributed by atoms with E-state index in [-0.39, 0.29) is 5.91 Å². The lowest BCUT2D eigenvalue weighted by Crippen LogP contribution is -2.44. The van der Waals surface area contributed by atoms with Gasteiger partial charge in [-0.15, -0.1) is 0 Å². The van der Waals surface area contributed by atoms with Crippen molar-refractivity contribution >= 4 is 40.4 Å². The van der Waals surface area contributed by atoms with Crippen LogP contribution in [0.1, 0.15) is 104 Å². The zero-order valence-corrected chi connectivity index (χ0v) is 30.2. The summed E-state index contributed by atoms with van der Waals surface area (Å²) in [5, 5.41) is 0.937. The number of hydrogen-bond acceptors (Lipinski definition) is 8. The monoisotopic (exact) mass is 669 g/mol. The normalized spacial score (nSPS) is 17.6. The van der Waals surface area contributed by atoms with E-state index < -0.39 is 28.8 Å². The summed E-state index contributed by atoms with van der Waals surface area (Å²) >= 11 is 0. The lowest BCUT2D eigenvalue weighted by molar-refractivity contribution is -0.125. The minimum atomic E-state index is -0.842. The molecular formula is C39H51N5O5. The van der Waals surface area contributed by atoms with Gasteiger partial charge in [-0.3, -0.25) is 14.8 Å². The molecule has 1 spiro atoms. The average molecular weight is 670 g/mol. The van der Waals surface area contributed by atoms with Crippen molar-refractivity contribution in [1.29, 1.82) is 0 Å². The maximum absolute atomic E-state index is 13.8. The number of unbranched alkanes of at least 4 members (excludes halogenated alkanes) is 1. The number of fused-ring (bicyclic) bond motifs is 4.